The van der Waals surface area contributed by atoms with Crippen LogP contribution >= 0.6 is 0 Å². The third kappa shape index (κ3) is 123. The molecule has 0 aliphatic rings. The number of aliphatic hydroxyl groups excluding tert-OH is 1. The predicted molar refractivity (Wildman–Crippen MR) is 101 cm³/mol. The smallest absolute Gasteiger partial charge is 0.854 e. The van der Waals surface area contributed by atoms with E-state index in [-0.39, 0.29) is 48.1 Å². The van der Waals surface area contributed by atoms with Gasteiger partial charge in [0.25, 0.3) is 0 Å². The molecule has 1 N–H and O–H groups in total. The van der Waals surface area contributed by atoms with E-state index in [4.69, 9.17) is 5.11 Å². The van der Waals surface area contributed by atoms with Crippen LogP contribution in [0.25, 0.3) is 0 Å². The fraction of sp³-hybridized carbons (Fsp3) is 1.00. The van der Waals surface area contributed by atoms with Gasteiger partial charge in [-0.3, -0.25) is 0 Å². The van der Waals surface area contributed by atoms with Crippen molar-refractivity contribution in [1.82, 2.24) is 0 Å². The summed E-state index contributed by atoms with van der Waals surface area (Å²) >= 11 is 0. The summed E-state index contributed by atoms with van der Waals surface area (Å²) in [7, 11) is 0. The zero-order valence-corrected chi connectivity index (χ0v) is 19.7. The van der Waals surface area contributed by atoms with Crippen LogP contribution in [-0.2, 0) is 21.7 Å². The van der Waals surface area contributed by atoms with Crippen LogP contribution in [0.5, 0.6) is 0 Å². The minimum absolute atomic E-state index is 0. The van der Waals surface area contributed by atoms with Crippen LogP contribution in [0.15, 0.2) is 0 Å². The van der Waals surface area contributed by atoms with E-state index in [2.05, 4.69) is 6.92 Å². The molecule has 0 atom stereocenters. The Morgan fingerprint density at radius 1 is 0.462 bits per heavy atom. The van der Waals surface area contributed by atoms with Gasteiger partial charge in [-0.15, -0.1) is 26.4 Å². The Labute approximate surface area is 179 Å². The second-order valence-electron chi connectivity index (χ2n) is 5.31. The monoisotopic (exact) mass is 414 g/mol. The Morgan fingerprint density at radius 3 is 0.654 bits per heavy atom. The van der Waals surface area contributed by atoms with Crippen molar-refractivity contribution in [3.05, 3.63) is 0 Å². The van der Waals surface area contributed by atoms with Gasteiger partial charge in [-0.2, -0.15) is 0 Å². The van der Waals surface area contributed by atoms with E-state index in [1.54, 1.807) is 0 Å². The molecule has 0 rings (SSSR count). The first-order valence-electron chi connectivity index (χ1n) is 10.0. The molecule has 160 valence electrons. The van der Waals surface area contributed by atoms with Gasteiger partial charge in [-0.05, 0) is 6.42 Å². The van der Waals surface area contributed by atoms with E-state index in [1.807, 2.05) is 27.7 Å². The molecule has 0 saturated heterocycles. The second-order valence-corrected chi connectivity index (χ2v) is 5.31. The molecule has 0 amide bonds. The summed E-state index contributed by atoms with van der Waals surface area (Å²) in [6, 6.07) is 0. The van der Waals surface area contributed by atoms with E-state index < -0.39 is 0 Å². The van der Waals surface area contributed by atoms with E-state index in [0.29, 0.717) is 6.61 Å². The van der Waals surface area contributed by atoms with Gasteiger partial charge in [0.2, 0.25) is 0 Å². The van der Waals surface area contributed by atoms with E-state index in [1.165, 1.54) is 0 Å². The third-order valence-corrected chi connectivity index (χ3v) is 2.50. The Hall–Kier alpha value is 0.514. The minimum Gasteiger partial charge on any atom is -0.854 e. The van der Waals surface area contributed by atoms with Crippen LogP contribution in [0.2, 0.25) is 0 Å². The molecule has 26 heavy (non-hydrogen) atoms. The van der Waals surface area contributed by atoms with Crippen LogP contribution in [-0.4, -0.2) is 38.1 Å². The number of hydrogen-bond acceptors (Lipinski definition) is 5. The zero-order chi connectivity index (χ0) is 20.6. The molecule has 0 heterocycles. The maximum atomic E-state index is 9.53. The first-order chi connectivity index (χ1) is 12.1. The van der Waals surface area contributed by atoms with Gasteiger partial charge in [0, 0.05) is 6.61 Å². The predicted octanol–water partition coefficient (Wildman–Crippen LogP) is 1.36. The Kier molecular flexibility index (Phi) is 100. The van der Waals surface area contributed by atoms with E-state index >= 15 is 0 Å². The van der Waals surface area contributed by atoms with Crippen LogP contribution < -0.4 is 20.4 Å². The summed E-state index contributed by atoms with van der Waals surface area (Å²) in [5.74, 6) is 0. The summed E-state index contributed by atoms with van der Waals surface area (Å²) in [4.78, 5) is 0. The number of rotatable bonds is 10. The summed E-state index contributed by atoms with van der Waals surface area (Å²) in [6.45, 7) is 10.8. The van der Waals surface area contributed by atoms with Crippen molar-refractivity contribution in [2.45, 2.75) is 98.8 Å². The molecule has 0 aromatic rings. The van der Waals surface area contributed by atoms with Crippen molar-refractivity contribution in [2.24, 2.45) is 0 Å². The molecule has 0 aliphatic heterocycles. The molecule has 0 aromatic heterocycles. The molecule has 0 spiro atoms. The fourth-order valence-electron chi connectivity index (χ4n) is 0.735. The van der Waals surface area contributed by atoms with E-state index in [9.17, 15) is 20.4 Å². The van der Waals surface area contributed by atoms with Crippen molar-refractivity contribution >= 4 is 0 Å². The van der Waals surface area contributed by atoms with Gasteiger partial charge in [-0.25, -0.2) is 0 Å². The van der Waals surface area contributed by atoms with E-state index in [0.717, 1.165) is 64.2 Å². The summed E-state index contributed by atoms with van der Waals surface area (Å²) < 4.78 is 0. The molecule has 5 nitrogen and oxygen atoms in total. The largest absolute Gasteiger partial charge is 4.00 e. The average molecular weight is 414 g/mol. The SMILES string of the molecule is CCCCO.CCCC[O-].CCCC[O-].CCCC[O-].CCCC[O-].[Ti+4]. The Morgan fingerprint density at radius 2 is 0.654 bits per heavy atom. The van der Waals surface area contributed by atoms with Gasteiger partial charge in [-0.1, -0.05) is 92.4 Å². The molecule has 0 aliphatic carbocycles. The summed E-state index contributed by atoms with van der Waals surface area (Å²) in [6.07, 6.45) is 9.50. The molecule has 0 saturated carbocycles. The van der Waals surface area contributed by atoms with Crippen LogP contribution in [0.3, 0.4) is 0 Å². The van der Waals surface area contributed by atoms with Crippen molar-refractivity contribution in [1.29, 1.82) is 0 Å². The van der Waals surface area contributed by atoms with Crippen molar-refractivity contribution in [3.8, 4) is 0 Å². The van der Waals surface area contributed by atoms with Crippen LogP contribution in [0.1, 0.15) is 98.8 Å². The quantitative estimate of drug-likeness (QED) is 0.543. The normalized spacial score (nSPS) is 8.08. The van der Waals surface area contributed by atoms with Gasteiger partial charge in [0.05, 0.1) is 0 Å². The first-order valence-corrected chi connectivity index (χ1v) is 10.0. The van der Waals surface area contributed by atoms with Gasteiger partial charge >= 0.3 is 21.7 Å². The minimum atomic E-state index is 0. The topological polar surface area (TPSA) is 112 Å². The van der Waals surface area contributed by atoms with Crippen molar-refractivity contribution < 1.29 is 47.3 Å². The maximum absolute atomic E-state index is 9.53. The average Bonchev–Trinajstić information content (AvgIpc) is 2.61. The molecule has 0 bridgehead atoms. The van der Waals surface area contributed by atoms with Gasteiger partial charge < -0.3 is 25.5 Å². The standard InChI is InChI=1S/C4H10O.4C4H9O.Ti/c5*1-2-3-4-5;/h5H,2-4H2,1H3;4*2-4H2,1H3;/q;4*-1;+4. The second kappa shape index (κ2) is 63.7. The maximum Gasteiger partial charge on any atom is 4.00 e. The Bertz CT molecular complexity index is 96.5. The number of aliphatic hydroxyl groups is 1. The number of unbranched alkanes of at least 4 members (excludes halogenated alkanes) is 5. The molecular formula is C20H46O5Ti. The molecule has 0 fully saturated rings. The zero-order valence-electron chi connectivity index (χ0n) is 18.2. The third-order valence-electron chi connectivity index (χ3n) is 2.50. The van der Waals surface area contributed by atoms with Crippen LogP contribution in [0.4, 0.5) is 0 Å². The fourth-order valence-corrected chi connectivity index (χ4v) is 0.735. The molecular weight excluding hydrogens is 368 g/mol. The first kappa shape index (κ1) is 41.0. The van der Waals surface area contributed by atoms with Crippen molar-refractivity contribution in [3.63, 3.8) is 0 Å². The van der Waals surface area contributed by atoms with Crippen molar-refractivity contribution in [2.75, 3.05) is 33.0 Å². The molecule has 0 aromatic carbocycles. The summed E-state index contributed by atoms with van der Waals surface area (Å²) in [5, 5.41) is 46.2. The van der Waals surface area contributed by atoms with Crippen LogP contribution in [0, 0.1) is 0 Å². The molecule has 0 radical (unpaired) electrons. The molecule has 0 unspecified atom stereocenters. The van der Waals surface area contributed by atoms with Gasteiger partial charge in [0.1, 0.15) is 0 Å². The summed E-state index contributed by atoms with van der Waals surface area (Å²) in [5.41, 5.74) is 0. The molecule has 6 heteroatoms. The number of hydrogen-bond donors (Lipinski definition) is 1. The van der Waals surface area contributed by atoms with Gasteiger partial charge in [0.15, 0.2) is 0 Å². The Balaban J connectivity index is -0.0000000476.